The Morgan fingerprint density at radius 1 is 1.22 bits per heavy atom. The highest BCUT2D eigenvalue weighted by Crippen LogP contribution is 2.21. The Hall–Kier alpha value is -2.86. The van der Waals surface area contributed by atoms with E-state index in [2.05, 4.69) is 5.32 Å². The molecular formula is C18H21N5O3S. The predicted octanol–water partition coefficient (Wildman–Crippen LogP) is 0.724. The van der Waals surface area contributed by atoms with Crippen LogP contribution in [0.5, 0.6) is 0 Å². The standard InChI is InChI=1S/C18H21N5O3S/c1-11-4-5-14(27-11)15(24)20-12-6-8-23(9-7-12)16-13(10-19)17(25)22(3)18(26)21(16)2/h4-5,12H,6-9H2,1-3H3,(H,20,24). The molecule has 2 aromatic rings. The van der Waals surface area contributed by atoms with Gasteiger partial charge < -0.3 is 10.2 Å². The maximum absolute atomic E-state index is 12.3. The first kappa shape index (κ1) is 18.9. The second-order valence-corrected chi connectivity index (χ2v) is 7.95. The topological polar surface area (TPSA) is 100 Å². The van der Waals surface area contributed by atoms with Crippen LogP contribution in [0.1, 0.15) is 33.0 Å². The van der Waals surface area contributed by atoms with Gasteiger partial charge in [0.25, 0.3) is 11.5 Å². The number of hydrogen-bond donors (Lipinski definition) is 1. The summed E-state index contributed by atoms with van der Waals surface area (Å²) in [5.41, 5.74) is -1.08. The minimum absolute atomic E-state index is 0.0188. The van der Waals surface area contributed by atoms with E-state index in [4.69, 9.17) is 0 Å². The summed E-state index contributed by atoms with van der Waals surface area (Å²) in [5.74, 6) is 0.273. The van der Waals surface area contributed by atoms with Crippen LogP contribution in [-0.2, 0) is 14.1 Å². The number of anilines is 1. The normalized spacial score (nSPS) is 14.8. The number of aryl methyl sites for hydroxylation is 1. The number of piperidine rings is 1. The van der Waals surface area contributed by atoms with E-state index < -0.39 is 11.2 Å². The summed E-state index contributed by atoms with van der Waals surface area (Å²) in [7, 11) is 2.92. The van der Waals surface area contributed by atoms with Crippen LogP contribution in [-0.4, -0.2) is 34.2 Å². The first-order valence-corrected chi connectivity index (χ1v) is 9.47. The molecule has 1 aliphatic heterocycles. The van der Waals surface area contributed by atoms with Gasteiger partial charge in [-0.15, -0.1) is 11.3 Å². The molecule has 3 heterocycles. The first-order valence-electron chi connectivity index (χ1n) is 8.65. The second kappa shape index (κ2) is 7.40. The molecule has 0 aromatic carbocycles. The van der Waals surface area contributed by atoms with Gasteiger partial charge in [-0.2, -0.15) is 5.26 Å². The van der Waals surface area contributed by atoms with Crippen LogP contribution in [0.4, 0.5) is 5.82 Å². The van der Waals surface area contributed by atoms with Crippen LogP contribution >= 0.6 is 11.3 Å². The molecule has 1 saturated heterocycles. The van der Waals surface area contributed by atoms with Crippen LogP contribution in [0.25, 0.3) is 0 Å². The third-order valence-electron chi connectivity index (χ3n) is 4.84. The van der Waals surface area contributed by atoms with Gasteiger partial charge in [-0.05, 0) is 31.9 Å². The molecule has 0 radical (unpaired) electrons. The summed E-state index contributed by atoms with van der Waals surface area (Å²) in [5, 5.41) is 12.4. The van der Waals surface area contributed by atoms with E-state index in [1.165, 1.54) is 23.0 Å². The number of aromatic nitrogens is 2. The Morgan fingerprint density at radius 2 is 1.89 bits per heavy atom. The number of carbonyl (C=O) groups is 1. The summed E-state index contributed by atoms with van der Waals surface area (Å²) in [4.78, 5) is 40.4. The zero-order valence-corrected chi connectivity index (χ0v) is 16.3. The van der Waals surface area contributed by atoms with Gasteiger partial charge >= 0.3 is 5.69 Å². The summed E-state index contributed by atoms with van der Waals surface area (Å²) in [6.45, 7) is 3.05. The maximum Gasteiger partial charge on any atom is 0.332 e. The molecule has 0 spiro atoms. The van der Waals surface area contributed by atoms with Crippen LogP contribution in [0.2, 0.25) is 0 Å². The van der Waals surface area contributed by atoms with Gasteiger partial charge in [0.2, 0.25) is 0 Å². The maximum atomic E-state index is 12.3. The van der Waals surface area contributed by atoms with Gasteiger partial charge in [0, 0.05) is 38.1 Å². The molecule has 1 aliphatic rings. The van der Waals surface area contributed by atoms with Crippen molar-refractivity contribution < 1.29 is 4.79 Å². The zero-order valence-electron chi connectivity index (χ0n) is 15.5. The summed E-state index contributed by atoms with van der Waals surface area (Å²) < 4.78 is 2.28. The van der Waals surface area contributed by atoms with Crippen molar-refractivity contribution in [3.8, 4) is 6.07 Å². The summed E-state index contributed by atoms with van der Waals surface area (Å²) in [6, 6.07) is 5.69. The Bertz CT molecular complexity index is 1030. The highest BCUT2D eigenvalue weighted by atomic mass is 32.1. The fourth-order valence-corrected chi connectivity index (χ4v) is 4.12. The number of rotatable bonds is 3. The molecule has 1 fully saturated rings. The minimum atomic E-state index is -0.584. The van der Waals surface area contributed by atoms with Crippen molar-refractivity contribution in [2.45, 2.75) is 25.8 Å². The van der Waals surface area contributed by atoms with E-state index in [0.717, 1.165) is 9.44 Å². The lowest BCUT2D eigenvalue weighted by molar-refractivity contribution is 0.0935. The van der Waals surface area contributed by atoms with Crippen molar-refractivity contribution in [1.82, 2.24) is 14.5 Å². The first-order chi connectivity index (χ1) is 12.8. The molecule has 0 bridgehead atoms. The van der Waals surface area contributed by atoms with Gasteiger partial charge in [0.05, 0.1) is 4.88 Å². The van der Waals surface area contributed by atoms with E-state index in [1.54, 1.807) is 7.05 Å². The van der Waals surface area contributed by atoms with Crippen LogP contribution in [0, 0.1) is 18.3 Å². The van der Waals surface area contributed by atoms with E-state index in [-0.39, 0.29) is 17.5 Å². The van der Waals surface area contributed by atoms with Crippen molar-refractivity contribution in [2.75, 3.05) is 18.0 Å². The molecule has 27 heavy (non-hydrogen) atoms. The van der Waals surface area contributed by atoms with E-state index >= 15 is 0 Å². The number of thiophene rings is 1. The number of nitriles is 1. The van der Waals surface area contributed by atoms with Crippen LogP contribution in [0.15, 0.2) is 21.7 Å². The van der Waals surface area contributed by atoms with E-state index in [9.17, 15) is 19.6 Å². The van der Waals surface area contributed by atoms with Crippen molar-refractivity contribution in [2.24, 2.45) is 14.1 Å². The fourth-order valence-electron chi connectivity index (χ4n) is 3.35. The molecule has 0 saturated carbocycles. The lowest BCUT2D eigenvalue weighted by Gasteiger charge is -2.34. The van der Waals surface area contributed by atoms with Gasteiger partial charge in [-0.3, -0.25) is 18.7 Å². The molecular weight excluding hydrogens is 366 g/mol. The quantitative estimate of drug-likeness (QED) is 0.837. The third kappa shape index (κ3) is 3.53. The van der Waals surface area contributed by atoms with E-state index in [1.807, 2.05) is 30.0 Å². The molecule has 0 unspecified atom stereocenters. The number of carbonyl (C=O) groups excluding carboxylic acids is 1. The minimum Gasteiger partial charge on any atom is -0.356 e. The molecule has 9 heteroatoms. The Kier molecular flexibility index (Phi) is 5.19. The van der Waals surface area contributed by atoms with Gasteiger partial charge in [0.15, 0.2) is 5.56 Å². The molecule has 1 N–H and O–H groups in total. The lowest BCUT2D eigenvalue weighted by Crippen LogP contribution is -2.48. The van der Waals surface area contributed by atoms with Crippen molar-refractivity contribution in [3.05, 3.63) is 48.3 Å². The number of hydrogen-bond acceptors (Lipinski definition) is 6. The average Bonchev–Trinajstić information content (AvgIpc) is 3.10. The number of nitrogens with zero attached hydrogens (tertiary/aromatic N) is 4. The highest BCUT2D eigenvalue weighted by Gasteiger charge is 2.26. The van der Waals surface area contributed by atoms with Gasteiger partial charge in [-0.1, -0.05) is 0 Å². The summed E-state index contributed by atoms with van der Waals surface area (Å²) in [6.07, 6.45) is 1.34. The van der Waals surface area contributed by atoms with Crippen molar-refractivity contribution >= 4 is 23.1 Å². The van der Waals surface area contributed by atoms with Gasteiger partial charge in [-0.25, -0.2) is 4.79 Å². The zero-order chi connectivity index (χ0) is 19.7. The Balaban J connectivity index is 1.75. The Morgan fingerprint density at radius 3 is 2.44 bits per heavy atom. The summed E-state index contributed by atoms with van der Waals surface area (Å²) >= 11 is 1.46. The monoisotopic (exact) mass is 387 g/mol. The highest BCUT2D eigenvalue weighted by molar-refractivity contribution is 7.13. The second-order valence-electron chi connectivity index (χ2n) is 6.66. The molecule has 3 rings (SSSR count). The molecule has 2 aromatic heterocycles. The number of nitrogens with one attached hydrogen (secondary N) is 1. The molecule has 8 nitrogen and oxygen atoms in total. The van der Waals surface area contributed by atoms with Crippen molar-refractivity contribution in [1.29, 1.82) is 5.26 Å². The largest absolute Gasteiger partial charge is 0.356 e. The average molecular weight is 387 g/mol. The van der Waals surface area contributed by atoms with Crippen LogP contribution in [0.3, 0.4) is 0 Å². The fraction of sp³-hybridized carbons (Fsp3) is 0.444. The third-order valence-corrected chi connectivity index (χ3v) is 5.84. The molecule has 142 valence electrons. The van der Waals surface area contributed by atoms with E-state index in [0.29, 0.717) is 36.6 Å². The smallest absolute Gasteiger partial charge is 0.332 e. The Labute approximate surface area is 160 Å². The van der Waals surface area contributed by atoms with Crippen LogP contribution < -0.4 is 21.5 Å². The predicted molar refractivity (Wildman–Crippen MR) is 103 cm³/mol. The lowest BCUT2D eigenvalue weighted by atomic mass is 10.0. The molecule has 0 aliphatic carbocycles. The number of amides is 1. The molecule has 1 amide bonds. The van der Waals surface area contributed by atoms with Crippen molar-refractivity contribution in [3.63, 3.8) is 0 Å². The SMILES string of the molecule is Cc1ccc(C(=O)NC2CCN(c3c(C#N)c(=O)n(C)c(=O)n3C)CC2)s1. The molecule has 0 atom stereocenters. The van der Waals surface area contributed by atoms with Gasteiger partial charge in [0.1, 0.15) is 11.9 Å².